The monoisotopic (exact) mass is 198 g/mol. The smallest absolute Gasteiger partial charge is 0.201 e. The lowest BCUT2D eigenvalue weighted by Crippen LogP contribution is -2.04. The van der Waals surface area contributed by atoms with E-state index in [0.717, 1.165) is 19.3 Å². The molecule has 0 aromatic rings. The van der Waals surface area contributed by atoms with Crippen molar-refractivity contribution in [3.8, 4) is 0 Å². The van der Waals surface area contributed by atoms with Crippen molar-refractivity contribution in [1.82, 2.24) is 0 Å². The molecule has 0 aromatic heterocycles. The van der Waals surface area contributed by atoms with Crippen LogP contribution in [0.3, 0.4) is 0 Å². The number of hydrogen-bond donors (Lipinski definition) is 1. The molecule has 0 bridgehead atoms. The molecule has 0 saturated carbocycles. The second kappa shape index (κ2) is 5.85. The van der Waals surface area contributed by atoms with Crippen LogP contribution in [0.5, 0.6) is 0 Å². The molecule has 0 amide bonds. The van der Waals surface area contributed by atoms with Gasteiger partial charge >= 0.3 is 0 Å². The molecule has 0 rings (SSSR count). The zero-order valence-electron chi connectivity index (χ0n) is 6.62. The second-order valence-corrected chi connectivity index (χ2v) is 4.52. The Morgan fingerprint density at radius 2 is 1.91 bits per heavy atom. The highest BCUT2D eigenvalue weighted by Crippen LogP contribution is 2.04. The van der Waals surface area contributed by atoms with Gasteiger partial charge in [-0.1, -0.05) is 26.2 Å². The van der Waals surface area contributed by atoms with Crippen molar-refractivity contribution in [1.29, 1.82) is 0 Å². The average molecular weight is 198 g/mol. The first kappa shape index (κ1) is 11.3. The van der Waals surface area contributed by atoms with Crippen molar-refractivity contribution < 1.29 is 12.0 Å². The predicted octanol–water partition coefficient (Wildman–Crippen LogP) is 1.76. The molecule has 0 aliphatic heterocycles. The Hall–Kier alpha value is 0.260. The van der Waals surface area contributed by atoms with Gasteiger partial charge in [0.1, 0.15) is 0 Å². The summed E-state index contributed by atoms with van der Waals surface area (Å²) in [5, 5.41) is 0. The quantitative estimate of drug-likeness (QED) is 0.402. The van der Waals surface area contributed by atoms with E-state index in [-0.39, 0.29) is 5.75 Å². The van der Waals surface area contributed by atoms with Gasteiger partial charge in [-0.2, -0.15) is 8.42 Å². The lowest BCUT2D eigenvalue weighted by atomic mass is 10.2. The fraction of sp³-hybridized carbons (Fsp3) is 1.00. The van der Waals surface area contributed by atoms with Gasteiger partial charge in [-0.05, 0) is 19.3 Å². The minimum Gasteiger partial charge on any atom is -0.201 e. The minimum atomic E-state index is -3.34. The second-order valence-electron chi connectivity index (χ2n) is 2.40. The summed E-state index contributed by atoms with van der Waals surface area (Å²) in [6, 6.07) is 0. The van der Waals surface area contributed by atoms with Crippen molar-refractivity contribution in [2.24, 2.45) is 0 Å². The molecule has 0 unspecified atom stereocenters. The Labute approximate surface area is 73.9 Å². The van der Waals surface area contributed by atoms with E-state index in [2.05, 4.69) is 23.5 Å². The van der Waals surface area contributed by atoms with Crippen LogP contribution in [0.25, 0.3) is 0 Å². The van der Waals surface area contributed by atoms with Gasteiger partial charge in [0.2, 0.25) is 0 Å². The van der Waals surface area contributed by atoms with Gasteiger partial charge in [0.05, 0.1) is 5.75 Å². The van der Waals surface area contributed by atoms with Crippen LogP contribution in [0.1, 0.15) is 32.6 Å². The maximum absolute atomic E-state index is 10.7. The standard InChI is InChI=1S/C6H14O3S2/c1-2-3-4-5-6-11(7,8)9-10/h10H,2-6H2,1H3. The molecular formula is C6H14O3S2. The van der Waals surface area contributed by atoms with Crippen molar-refractivity contribution in [2.45, 2.75) is 32.6 Å². The molecular weight excluding hydrogens is 184 g/mol. The van der Waals surface area contributed by atoms with E-state index in [9.17, 15) is 8.42 Å². The average Bonchev–Trinajstić information content (AvgIpc) is 1.99. The van der Waals surface area contributed by atoms with Crippen LogP contribution in [0, 0.1) is 0 Å². The van der Waals surface area contributed by atoms with Crippen LogP contribution in [0.15, 0.2) is 0 Å². The first-order valence-corrected chi connectivity index (χ1v) is 5.62. The Morgan fingerprint density at radius 3 is 2.36 bits per heavy atom. The first-order chi connectivity index (χ1) is 5.12. The van der Waals surface area contributed by atoms with E-state index in [1.807, 2.05) is 0 Å². The first-order valence-electron chi connectivity index (χ1n) is 3.68. The number of unbranched alkanes of at least 4 members (excludes halogenated alkanes) is 3. The summed E-state index contributed by atoms with van der Waals surface area (Å²) in [5.74, 6) is 0.0799. The Balaban J connectivity index is 3.39. The zero-order chi connectivity index (χ0) is 8.74. The third kappa shape index (κ3) is 6.65. The summed E-state index contributed by atoms with van der Waals surface area (Å²) in [6.45, 7) is 2.07. The van der Waals surface area contributed by atoms with E-state index < -0.39 is 10.1 Å². The predicted molar refractivity (Wildman–Crippen MR) is 48.0 cm³/mol. The third-order valence-electron chi connectivity index (χ3n) is 1.36. The molecule has 0 aromatic carbocycles. The minimum absolute atomic E-state index is 0.0799. The van der Waals surface area contributed by atoms with Gasteiger partial charge in [-0.3, -0.25) is 0 Å². The summed E-state index contributed by atoms with van der Waals surface area (Å²) in [7, 11) is -3.34. The molecule has 11 heavy (non-hydrogen) atoms. The topological polar surface area (TPSA) is 43.4 Å². The molecule has 68 valence electrons. The number of hydrogen-bond acceptors (Lipinski definition) is 4. The Bertz CT molecular complexity index is 174. The van der Waals surface area contributed by atoms with Crippen LogP contribution in [-0.2, 0) is 13.7 Å². The summed E-state index contributed by atoms with van der Waals surface area (Å²) < 4.78 is 25.3. The van der Waals surface area contributed by atoms with Crippen LogP contribution < -0.4 is 0 Å². The Kier molecular flexibility index (Phi) is 5.99. The maximum atomic E-state index is 10.7. The van der Waals surface area contributed by atoms with E-state index in [0.29, 0.717) is 6.42 Å². The van der Waals surface area contributed by atoms with Crippen LogP contribution in [-0.4, -0.2) is 14.2 Å². The zero-order valence-corrected chi connectivity index (χ0v) is 8.33. The highest BCUT2D eigenvalue weighted by molar-refractivity contribution is 7.95. The fourth-order valence-electron chi connectivity index (χ4n) is 0.743. The largest absolute Gasteiger partial charge is 0.277 e. The fourth-order valence-corrected chi connectivity index (χ4v) is 1.60. The van der Waals surface area contributed by atoms with E-state index in [1.165, 1.54) is 0 Å². The molecule has 0 aliphatic rings. The molecule has 0 saturated heterocycles. The molecule has 0 spiro atoms. The van der Waals surface area contributed by atoms with Gasteiger partial charge in [0, 0.05) is 0 Å². The molecule has 5 heteroatoms. The number of thiol groups is 1. The van der Waals surface area contributed by atoms with Crippen LogP contribution in [0.4, 0.5) is 0 Å². The maximum Gasteiger partial charge on any atom is 0.277 e. The lowest BCUT2D eigenvalue weighted by molar-refractivity contribution is 0.516. The summed E-state index contributed by atoms with van der Waals surface area (Å²) in [5.41, 5.74) is 0. The molecule has 0 fully saturated rings. The molecule has 0 atom stereocenters. The summed E-state index contributed by atoms with van der Waals surface area (Å²) >= 11 is 3.24. The summed E-state index contributed by atoms with van der Waals surface area (Å²) in [6.07, 6.45) is 3.77. The van der Waals surface area contributed by atoms with Gasteiger partial charge in [0.25, 0.3) is 10.1 Å². The molecule has 0 radical (unpaired) electrons. The van der Waals surface area contributed by atoms with Crippen molar-refractivity contribution in [3.05, 3.63) is 0 Å². The lowest BCUT2D eigenvalue weighted by Gasteiger charge is -1.98. The molecule has 3 nitrogen and oxygen atoms in total. The highest BCUT2D eigenvalue weighted by atomic mass is 32.3. The third-order valence-corrected chi connectivity index (χ3v) is 3.06. The van der Waals surface area contributed by atoms with Crippen molar-refractivity contribution in [3.63, 3.8) is 0 Å². The SMILES string of the molecule is CCCCCCS(=O)(=O)OS. The van der Waals surface area contributed by atoms with Gasteiger partial charge in [0.15, 0.2) is 0 Å². The van der Waals surface area contributed by atoms with E-state index in [4.69, 9.17) is 0 Å². The van der Waals surface area contributed by atoms with Crippen molar-refractivity contribution in [2.75, 3.05) is 5.75 Å². The van der Waals surface area contributed by atoms with E-state index in [1.54, 1.807) is 0 Å². The molecule has 0 aliphatic carbocycles. The van der Waals surface area contributed by atoms with E-state index >= 15 is 0 Å². The summed E-state index contributed by atoms with van der Waals surface area (Å²) in [4.78, 5) is 0. The highest BCUT2D eigenvalue weighted by Gasteiger charge is 2.07. The van der Waals surface area contributed by atoms with Crippen LogP contribution in [0.2, 0.25) is 0 Å². The molecule has 0 heterocycles. The van der Waals surface area contributed by atoms with Crippen molar-refractivity contribution >= 4 is 23.0 Å². The van der Waals surface area contributed by atoms with Crippen LogP contribution >= 0.6 is 12.9 Å². The Morgan fingerprint density at radius 1 is 1.27 bits per heavy atom. The number of rotatable bonds is 6. The van der Waals surface area contributed by atoms with Gasteiger partial charge in [-0.15, -0.1) is 0 Å². The van der Waals surface area contributed by atoms with Gasteiger partial charge in [-0.25, -0.2) is 3.63 Å². The normalized spacial score (nSPS) is 11.8. The van der Waals surface area contributed by atoms with Gasteiger partial charge < -0.3 is 0 Å². The molecule has 0 N–H and O–H groups in total.